The molecule has 0 radical (unpaired) electrons. The first-order valence-corrected chi connectivity index (χ1v) is 9.63. The normalized spacial score (nSPS) is 31.9. The first kappa shape index (κ1) is 17.7. The molecule has 1 aromatic carbocycles. The van der Waals surface area contributed by atoms with Crippen LogP contribution < -0.4 is 5.32 Å². The van der Waals surface area contributed by atoms with Crippen LogP contribution in [0.5, 0.6) is 0 Å². The predicted octanol–water partition coefficient (Wildman–Crippen LogP) is 2.84. The maximum Gasteiger partial charge on any atom is 0.317 e. The van der Waals surface area contributed by atoms with E-state index in [-0.39, 0.29) is 23.4 Å². The third kappa shape index (κ3) is 2.89. The van der Waals surface area contributed by atoms with Crippen molar-refractivity contribution in [3.05, 3.63) is 35.1 Å². The number of carbonyl (C=O) groups is 1. The highest BCUT2D eigenvalue weighted by Crippen LogP contribution is 2.48. The predicted molar refractivity (Wildman–Crippen MR) is 97.6 cm³/mol. The van der Waals surface area contributed by atoms with E-state index in [1.165, 1.54) is 6.07 Å². The van der Waals surface area contributed by atoms with Gasteiger partial charge in [0.25, 0.3) is 0 Å². The number of ether oxygens (including phenoxy) is 1. The Hall–Kier alpha value is -1.66. The van der Waals surface area contributed by atoms with Crippen LogP contribution in [0.3, 0.4) is 0 Å². The molecule has 1 N–H and O–H groups in total. The number of urea groups is 1. The number of benzene rings is 1. The number of hydrogen-bond donors (Lipinski definition) is 1. The van der Waals surface area contributed by atoms with Gasteiger partial charge in [0.1, 0.15) is 5.82 Å². The van der Waals surface area contributed by atoms with Gasteiger partial charge >= 0.3 is 6.03 Å². The van der Waals surface area contributed by atoms with Crippen molar-refractivity contribution in [3.63, 3.8) is 0 Å². The van der Waals surface area contributed by atoms with Gasteiger partial charge in [0.15, 0.2) is 0 Å². The maximum atomic E-state index is 13.6. The van der Waals surface area contributed by atoms with Gasteiger partial charge in [-0.3, -0.25) is 4.90 Å². The van der Waals surface area contributed by atoms with E-state index in [2.05, 4.69) is 10.2 Å². The van der Waals surface area contributed by atoms with Crippen LogP contribution in [-0.2, 0) is 4.74 Å². The van der Waals surface area contributed by atoms with Crippen LogP contribution in [0.2, 0.25) is 0 Å². The lowest BCUT2D eigenvalue weighted by molar-refractivity contribution is -0.0560. The Bertz CT molecular complexity index is 698. The number of rotatable bonds is 1. The molecule has 3 heterocycles. The van der Waals surface area contributed by atoms with Gasteiger partial charge in [-0.15, -0.1) is 0 Å². The molecule has 4 rings (SSSR count). The van der Waals surface area contributed by atoms with Crippen molar-refractivity contribution < 1.29 is 13.9 Å². The first-order valence-electron chi connectivity index (χ1n) is 9.63. The van der Waals surface area contributed by atoms with Crippen LogP contribution in [0.15, 0.2) is 18.2 Å². The molecule has 3 saturated heterocycles. The lowest BCUT2D eigenvalue weighted by atomic mass is 9.78. The van der Waals surface area contributed by atoms with E-state index in [9.17, 15) is 9.18 Å². The highest BCUT2D eigenvalue weighted by molar-refractivity contribution is 5.74. The average molecular weight is 361 g/mol. The Kier molecular flexibility index (Phi) is 4.65. The molecule has 2 amide bonds. The first-order chi connectivity index (χ1) is 12.5. The molecule has 3 aliphatic rings. The summed E-state index contributed by atoms with van der Waals surface area (Å²) >= 11 is 0. The van der Waals surface area contributed by atoms with Crippen LogP contribution in [-0.4, -0.2) is 60.8 Å². The van der Waals surface area contributed by atoms with Gasteiger partial charge in [-0.1, -0.05) is 6.07 Å². The van der Waals surface area contributed by atoms with E-state index in [4.69, 9.17) is 4.74 Å². The van der Waals surface area contributed by atoms with Crippen LogP contribution >= 0.6 is 0 Å². The van der Waals surface area contributed by atoms with Crippen LogP contribution in [0, 0.1) is 12.7 Å². The van der Waals surface area contributed by atoms with Crippen molar-refractivity contribution in [3.8, 4) is 0 Å². The number of aryl methyl sites for hydroxylation is 1. The number of nitrogens with zero attached hydrogens (tertiary/aromatic N) is 2. The molecule has 6 heteroatoms. The fraction of sp³-hybridized carbons (Fsp3) is 0.650. The van der Waals surface area contributed by atoms with Crippen LogP contribution in [0.4, 0.5) is 9.18 Å². The van der Waals surface area contributed by atoms with Gasteiger partial charge < -0.3 is 15.0 Å². The number of hydrogen-bond acceptors (Lipinski definition) is 3. The smallest absolute Gasteiger partial charge is 0.317 e. The third-order valence-corrected chi connectivity index (χ3v) is 6.61. The number of amides is 2. The van der Waals surface area contributed by atoms with Crippen molar-refractivity contribution >= 4 is 6.03 Å². The molecule has 1 spiro atoms. The zero-order valence-electron chi connectivity index (χ0n) is 15.6. The minimum atomic E-state index is -0.225. The highest BCUT2D eigenvalue weighted by atomic mass is 19.1. The summed E-state index contributed by atoms with van der Waals surface area (Å²) in [6.45, 7) is 5.25. The summed E-state index contributed by atoms with van der Waals surface area (Å²) in [4.78, 5) is 17.1. The summed E-state index contributed by atoms with van der Waals surface area (Å²) in [5, 5.41) is 2.78. The summed E-state index contributed by atoms with van der Waals surface area (Å²) in [6.07, 6.45) is 4.21. The van der Waals surface area contributed by atoms with Crippen molar-refractivity contribution in [2.24, 2.45) is 0 Å². The number of piperidine rings is 1. The van der Waals surface area contributed by atoms with E-state index >= 15 is 0 Å². The molecule has 1 aromatic rings. The van der Waals surface area contributed by atoms with Gasteiger partial charge in [0, 0.05) is 31.7 Å². The van der Waals surface area contributed by atoms with Crippen molar-refractivity contribution in [2.75, 3.05) is 33.4 Å². The number of carbonyl (C=O) groups excluding carboxylic acids is 1. The molecular formula is C20H28FN3O2. The fourth-order valence-electron chi connectivity index (χ4n) is 5.32. The third-order valence-electron chi connectivity index (χ3n) is 6.61. The van der Waals surface area contributed by atoms with E-state index in [0.29, 0.717) is 6.04 Å². The number of morpholine rings is 1. The summed E-state index contributed by atoms with van der Waals surface area (Å²) in [5.41, 5.74) is 2.10. The van der Waals surface area contributed by atoms with E-state index < -0.39 is 0 Å². The Morgan fingerprint density at radius 2 is 2.19 bits per heavy atom. The second-order valence-electron chi connectivity index (χ2n) is 7.90. The van der Waals surface area contributed by atoms with Crippen LogP contribution in [0.25, 0.3) is 0 Å². The van der Waals surface area contributed by atoms with Gasteiger partial charge in [-0.2, -0.15) is 0 Å². The van der Waals surface area contributed by atoms with Crippen LogP contribution in [0.1, 0.15) is 42.9 Å². The number of likely N-dealkylation sites (tertiary alicyclic amines) is 1. The van der Waals surface area contributed by atoms with Gasteiger partial charge in [0.2, 0.25) is 0 Å². The molecule has 5 nitrogen and oxygen atoms in total. The average Bonchev–Trinajstić information content (AvgIpc) is 3.00. The fourth-order valence-corrected chi connectivity index (χ4v) is 5.32. The summed E-state index contributed by atoms with van der Waals surface area (Å²) in [7, 11) is 1.68. The molecule has 142 valence electrons. The molecule has 3 atom stereocenters. The molecular weight excluding hydrogens is 333 g/mol. The highest BCUT2D eigenvalue weighted by Gasteiger charge is 2.51. The minimum absolute atomic E-state index is 0.0223. The zero-order chi connectivity index (χ0) is 18.3. The molecule has 3 fully saturated rings. The van der Waals surface area contributed by atoms with Gasteiger partial charge in [-0.05, 0) is 55.9 Å². The quantitative estimate of drug-likeness (QED) is 0.837. The van der Waals surface area contributed by atoms with Gasteiger partial charge in [-0.25, -0.2) is 9.18 Å². The molecule has 26 heavy (non-hydrogen) atoms. The summed E-state index contributed by atoms with van der Waals surface area (Å²) in [6, 6.07) is 5.37. The molecule has 0 aliphatic carbocycles. The topological polar surface area (TPSA) is 44.8 Å². The van der Waals surface area contributed by atoms with E-state index in [1.807, 2.05) is 17.9 Å². The number of nitrogens with one attached hydrogen (secondary N) is 1. The molecule has 3 aliphatic heterocycles. The van der Waals surface area contributed by atoms with Crippen molar-refractivity contribution in [1.82, 2.24) is 15.1 Å². The Morgan fingerprint density at radius 1 is 1.35 bits per heavy atom. The lowest BCUT2D eigenvalue weighted by Crippen LogP contribution is -2.59. The number of fused-ring (bicyclic) bond motifs is 2. The summed E-state index contributed by atoms with van der Waals surface area (Å²) < 4.78 is 19.3. The molecule has 1 unspecified atom stereocenters. The largest absolute Gasteiger partial charge is 0.378 e. The lowest BCUT2D eigenvalue weighted by Gasteiger charge is -2.51. The number of halogens is 1. The maximum absolute atomic E-state index is 13.6. The Balaban J connectivity index is 1.68. The monoisotopic (exact) mass is 361 g/mol. The zero-order valence-corrected chi connectivity index (χ0v) is 15.6. The van der Waals surface area contributed by atoms with E-state index in [1.54, 1.807) is 13.1 Å². The molecule has 0 bridgehead atoms. The molecule has 0 saturated carbocycles. The molecule has 0 aromatic heterocycles. The standard InChI is InChI=1S/C20H28FN3O2/c1-14-11-15(21)3-4-17(14)18-12-20(7-8-23(18)19(25)22-2)6-5-16-13-26-10-9-24(16)20/h3-4,11,16,18H,5-10,12-13H2,1-2H3,(H,22,25)/t16-,18+,20?/m0/s1. The Morgan fingerprint density at radius 3 is 2.96 bits per heavy atom. The Labute approximate surface area is 154 Å². The second-order valence-corrected chi connectivity index (χ2v) is 7.90. The summed E-state index contributed by atoms with van der Waals surface area (Å²) in [5.74, 6) is -0.225. The van der Waals surface area contributed by atoms with Gasteiger partial charge in [0.05, 0.1) is 19.3 Å². The second kappa shape index (κ2) is 6.82. The van der Waals surface area contributed by atoms with Crippen molar-refractivity contribution in [2.45, 2.75) is 50.2 Å². The van der Waals surface area contributed by atoms with E-state index in [0.717, 1.165) is 63.1 Å². The minimum Gasteiger partial charge on any atom is -0.378 e. The SMILES string of the molecule is CNC(=O)N1CCC2(CC[C@H]3COCCN32)C[C@@H]1c1ccc(F)cc1C. The van der Waals surface area contributed by atoms with Crippen molar-refractivity contribution in [1.29, 1.82) is 0 Å².